The Bertz CT molecular complexity index is 1420. The highest BCUT2D eigenvalue weighted by molar-refractivity contribution is 5.97. The van der Waals surface area contributed by atoms with Gasteiger partial charge in [-0.15, -0.1) is 0 Å². The predicted octanol–water partition coefficient (Wildman–Crippen LogP) is -0.0207. The largest absolute Gasteiger partial charge is 0.335 e. The Morgan fingerprint density at radius 3 is 2.41 bits per heavy atom. The van der Waals surface area contributed by atoms with Crippen LogP contribution in [-0.2, 0) is 25.3 Å². The Hall–Kier alpha value is -3.79. The Labute approximate surface area is 195 Å². The summed E-state index contributed by atoms with van der Waals surface area (Å²) >= 11 is 0. The monoisotopic (exact) mass is 462 g/mol. The van der Waals surface area contributed by atoms with E-state index in [1.165, 1.54) is 30.3 Å². The first-order valence-electron chi connectivity index (χ1n) is 11.3. The van der Waals surface area contributed by atoms with Gasteiger partial charge in [0.1, 0.15) is 11.3 Å². The maximum atomic E-state index is 13.1. The van der Waals surface area contributed by atoms with Crippen LogP contribution in [0.5, 0.6) is 0 Å². The van der Waals surface area contributed by atoms with E-state index < -0.39 is 11.2 Å². The van der Waals surface area contributed by atoms with E-state index in [4.69, 9.17) is 0 Å². The summed E-state index contributed by atoms with van der Waals surface area (Å²) in [6.07, 6.45) is 0.876. The molecule has 0 radical (unpaired) electrons. The highest BCUT2D eigenvalue weighted by Crippen LogP contribution is 2.27. The number of aromatic nitrogens is 3. The Balaban J connectivity index is 1.25. The zero-order chi connectivity index (χ0) is 24.0. The zero-order valence-electron chi connectivity index (χ0n) is 19.2. The average Bonchev–Trinajstić information content (AvgIpc) is 3.30. The highest BCUT2D eigenvalue weighted by Gasteiger charge is 2.28. The number of aryl methyl sites for hydroxylation is 1. The number of hydrogen-bond acceptors (Lipinski definition) is 6. The second-order valence-electron chi connectivity index (χ2n) is 8.77. The Kier molecular flexibility index (Phi) is 5.52. The van der Waals surface area contributed by atoms with E-state index in [0.717, 1.165) is 16.7 Å². The normalized spacial score (nSPS) is 16.2. The summed E-state index contributed by atoms with van der Waals surface area (Å²) in [5, 5.41) is 0.285. The minimum atomic E-state index is -0.492. The van der Waals surface area contributed by atoms with Gasteiger partial charge in [0.2, 0.25) is 5.91 Å². The molecule has 0 saturated carbocycles. The van der Waals surface area contributed by atoms with Crippen LogP contribution in [0.2, 0.25) is 0 Å². The number of pyridine rings is 1. The van der Waals surface area contributed by atoms with Crippen molar-refractivity contribution < 1.29 is 9.59 Å². The van der Waals surface area contributed by atoms with Gasteiger partial charge in [-0.1, -0.05) is 18.2 Å². The van der Waals surface area contributed by atoms with Gasteiger partial charge in [-0.05, 0) is 30.2 Å². The lowest BCUT2D eigenvalue weighted by Crippen LogP contribution is -2.51. The molecule has 0 N–H and O–H groups in total. The number of carbonyl (C=O) groups is 2. The number of hydrogen-bond donors (Lipinski definition) is 0. The van der Waals surface area contributed by atoms with Crippen LogP contribution >= 0.6 is 0 Å². The van der Waals surface area contributed by atoms with Crippen molar-refractivity contribution in [1.29, 1.82) is 0 Å². The van der Waals surface area contributed by atoms with Crippen LogP contribution in [0.4, 0.5) is 5.69 Å². The van der Waals surface area contributed by atoms with Gasteiger partial charge < -0.3 is 9.80 Å². The molecule has 0 spiro atoms. The van der Waals surface area contributed by atoms with Gasteiger partial charge in [0.15, 0.2) is 0 Å². The average molecular weight is 463 g/mol. The lowest BCUT2D eigenvalue weighted by molar-refractivity contribution is -0.120. The van der Waals surface area contributed by atoms with E-state index in [9.17, 15) is 19.2 Å². The minimum absolute atomic E-state index is 0.0726. The fourth-order valence-corrected chi connectivity index (χ4v) is 4.72. The Morgan fingerprint density at radius 1 is 0.912 bits per heavy atom. The summed E-state index contributed by atoms with van der Waals surface area (Å²) in [6, 6.07) is 11.1. The molecule has 1 fully saturated rings. The first-order chi connectivity index (χ1) is 16.3. The second kappa shape index (κ2) is 8.53. The number of benzene rings is 1. The number of para-hydroxylation sites is 1. The van der Waals surface area contributed by atoms with Gasteiger partial charge in [0, 0.05) is 52.5 Å². The van der Waals surface area contributed by atoms with Gasteiger partial charge in [-0.2, -0.15) is 0 Å². The van der Waals surface area contributed by atoms with Crippen LogP contribution in [0.15, 0.2) is 46.0 Å². The number of anilines is 1. The van der Waals surface area contributed by atoms with Crippen molar-refractivity contribution in [2.24, 2.45) is 14.1 Å². The van der Waals surface area contributed by atoms with Crippen molar-refractivity contribution in [1.82, 2.24) is 23.9 Å². The molecule has 3 aromatic rings. The summed E-state index contributed by atoms with van der Waals surface area (Å²) in [6.45, 7) is 3.13. The van der Waals surface area contributed by atoms with E-state index >= 15 is 0 Å². The molecular weight excluding hydrogens is 436 g/mol. The molecule has 10 nitrogen and oxygen atoms in total. The SMILES string of the molecule is Cn1c(=O)c2ccc(C(=O)N3CCN(CC(=O)N4CCc5ccccc54)CC3)nc2n(C)c1=O. The lowest BCUT2D eigenvalue weighted by Gasteiger charge is -2.35. The smallest absolute Gasteiger partial charge is 0.332 e. The fourth-order valence-electron chi connectivity index (χ4n) is 4.72. The van der Waals surface area contributed by atoms with E-state index in [1.54, 1.807) is 11.0 Å². The van der Waals surface area contributed by atoms with Gasteiger partial charge in [0.25, 0.3) is 11.5 Å². The molecule has 1 aromatic carbocycles. The number of rotatable bonds is 3. The lowest BCUT2D eigenvalue weighted by atomic mass is 10.2. The van der Waals surface area contributed by atoms with Crippen molar-refractivity contribution in [2.75, 3.05) is 44.2 Å². The molecule has 2 amide bonds. The third-order valence-corrected chi connectivity index (χ3v) is 6.73. The van der Waals surface area contributed by atoms with Crippen LogP contribution in [-0.4, -0.2) is 75.0 Å². The molecule has 0 atom stereocenters. The van der Waals surface area contributed by atoms with E-state index in [0.29, 0.717) is 39.3 Å². The van der Waals surface area contributed by atoms with Crippen LogP contribution < -0.4 is 16.1 Å². The summed E-state index contributed by atoms with van der Waals surface area (Å²) in [5.74, 6) is -0.183. The van der Waals surface area contributed by atoms with Crippen molar-refractivity contribution in [3.05, 3.63) is 68.5 Å². The van der Waals surface area contributed by atoms with Crippen LogP contribution in [0, 0.1) is 0 Å². The van der Waals surface area contributed by atoms with Crippen molar-refractivity contribution in [3.63, 3.8) is 0 Å². The first kappa shape index (κ1) is 22.0. The summed E-state index contributed by atoms with van der Waals surface area (Å²) < 4.78 is 2.29. The second-order valence-corrected chi connectivity index (χ2v) is 8.77. The fraction of sp³-hybridized carbons (Fsp3) is 0.375. The quantitative estimate of drug-likeness (QED) is 0.542. The van der Waals surface area contributed by atoms with Crippen LogP contribution in [0.3, 0.4) is 0 Å². The predicted molar refractivity (Wildman–Crippen MR) is 127 cm³/mol. The summed E-state index contributed by atoms with van der Waals surface area (Å²) in [7, 11) is 2.94. The van der Waals surface area contributed by atoms with E-state index in [2.05, 4.69) is 16.0 Å². The van der Waals surface area contributed by atoms with Gasteiger partial charge in [0.05, 0.1) is 11.9 Å². The molecule has 2 aliphatic heterocycles. The Morgan fingerprint density at radius 2 is 1.65 bits per heavy atom. The molecule has 2 aliphatic rings. The molecule has 0 bridgehead atoms. The standard InChI is InChI=1S/C24H26N6O4/c1-26-21-17(22(32)27(2)24(26)34)7-8-18(25-21)23(33)29-13-11-28(12-14-29)15-20(31)30-10-9-16-5-3-4-6-19(16)30/h3-8H,9-15H2,1-2H3. The molecule has 0 unspecified atom stereocenters. The molecule has 0 aliphatic carbocycles. The molecule has 4 heterocycles. The number of piperazine rings is 1. The molecule has 34 heavy (non-hydrogen) atoms. The van der Waals surface area contributed by atoms with Gasteiger partial charge >= 0.3 is 5.69 Å². The highest BCUT2D eigenvalue weighted by atomic mass is 16.2. The summed E-state index contributed by atoms with van der Waals surface area (Å²) in [4.78, 5) is 60.5. The third kappa shape index (κ3) is 3.69. The molecular formula is C24H26N6O4. The van der Waals surface area contributed by atoms with E-state index in [-0.39, 0.29) is 28.5 Å². The number of carbonyl (C=O) groups excluding carboxylic acids is 2. The third-order valence-electron chi connectivity index (χ3n) is 6.73. The topological polar surface area (TPSA) is 101 Å². The number of amides is 2. The van der Waals surface area contributed by atoms with Crippen molar-refractivity contribution in [3.8, 4) is 0 Å². The van der Waals surface area contributed by atoms with Crippen LogP contribution in [0.25, 0.3) is 11.0 Å². The summed E-state index contributed by atoms with van der Waals surface area (Å²) in [5.41, 5.74) is 1.64. The minimum Gasteiger partial charge on any atom is -0.335 e. The molecule has 1 saturated heterocycles. The first-order valence-corrected chi connectivity index (χ1v) is 11.3. The maximum Gasteiger partial charge on any atom is 0.332 e. The van der Waals surface area contributed by atoms with E-state index in [1.807, 2.05) is 23.1 Å². The van der Waals surface area contributed by atoms with Crippen molar-refractivity contribution in [2.45, 2.75) is 6.42 Å². The number of fused-ring (bicyclic) bond motifs is 2. The maximum absolute atomic E-state index is 13.1. The molecule has 2 aromatic heterocycles. The molecule has 176 valence electrons. The number of nitrogens with zero attached hydrogens (tertiary/aromatic N) is 6. The van der Waals surface area contributed by atoms with Gasteiger partial charge in [-0.25, -0.2) is 9.78 Å². The zero-order valence-corrected chi connectivity index (χ0v) is 19.2. The van der Waals surface area contributed by atoms with Crippen molar-refractivity contribution >= 4 is 28.5 Å². The molecule has 10 heteroatoms. The van der Waals surface area contributed by atoms with Gasteiger partial charge in [-0.3, -0.25) is 28.4 Å². The molecule has 5 rings (SSSR count). The van der Waals surface area contributed by atoms with Crippen LogP contribution in [0.1, 0.15) is 16.1 Å².